The Morgan fingerprint density at radius 2 is 2.42 bits per heavy atom. The molecule has 0 saturated carbocycles. The van der Waals surface area contributed by atoms with E-state index in [0.29, 0.717) is 4.60 Å². The first-order valence-corrected chi connectivity index (χ1v) is 4.32. The molecule has 1 aromatic rings. The van der Waals surface area contributed by atoms with E-state index in [1.54, 1.807) is 12.3 Å². The number of halogens is 1. The fourth-order valence-electron chi connectivity index (χ4n) is 0.835. The highest BCUT2D eigenvalue weighted by atomic mass is 79.9. The van der Waals surface area contributed by atoms with Crippen LogP contribution in [-0.4, -0.2) is 16.1 Å². The Kier molecular flexibility index (Phi) is 2.81. The molecule has 0 saturated heterocycles. The van der Waals surface area contributed by atoms with Crippen LogP contribution in [-0.2, 0) is 6.42 Å². The Hall–Kier alpha value is -0.900. The maximum absolute atomic E-state index is 10.6. The van der Waals surface area contributed by atoms with Crippen LogP contribution in [0.3, 0.4) is 0 Å². The first-order valence-electron chi connectivity index (χ1n) is 3.53. The number of aromatic nitrogens is 1. The zero-order chi connectivity index (χ0) is 9.14. The number of aromatic carboxylic acids is 1. The van der Waals surface area contributed by atoms with Gasteiger partial charge in [0.1, 0.15) is 4.60 Å². The lowest BCUT2D eigenvalue weighted by Crippen LogP contribution is -2.00. The highest BCUT2D eigenvalue weighted by molar-refractivity contribution is 9.10. The van der Waals surface area contributed by atoms with Crippen LogP contribution in [0.25, 0.3) is 0 Å². The average Bonchev–Trinajstić information content (AvgIpc) is 2.05. The van der Waals surface area contributed by atoms with Crippen LogP contribution < -0.4 is 0 Å². The smallest absolute Gasteiger partial charge is 0.338 e. The Bertz CT molecular complexity index is 312. The van der Waals surface area contributed by atoms with Crippen LogP contribution >= 0.6 is 15.9 Å². The van der Waals surface area contributed by atoms with Crippen molar-refractivity contribution in [3.05, 3.63) is 28.0 Å². The second-order valence-electron chi connectivity index (χ2n) is 2.34. The molecule has 12 heavy (non-hydrogen) atoms. The van der Waals surface area contributed by atoms with E-state index in [-0.39, 0.29) is 5.56 Å². The number of hydrogen-bond donors (Lipinski definition) is 1. The van der Waals surface area contributed by atoms with Crippen molar-refractivity contribution in [3.8, 4) is 0 Å². The monoisotopic (exact) mass is 229 g/mol. The van der Waals surface area contributed by atoms with Gasteiger partial charge in [0.25, 0.3) is 0 Å². The third-order valence-corrected chi connectivity index (χ3v) is 2.17. The number of carbonyl (C=O) groups is 1. The summed E-state index contributed by atoms with van der Waals surface area (Å²) in [6.45, 7) is 1.95. The second kappa shape index (κ2) is 3.67. The van der Waals surface area contributed by atoms with Gasteiger partial charge in [-0.3, -0.25) is 0 Å². The van der Waals surface area contributed by atoms with Crippen molar-refractivity contribution >= 4 is 21.9 Å². The average molecular weight is 230 g/mol. The molecule has 1 rings (SSSR count). The highest BCUT2D eigenvalue weighted by Crippen LogP contribution is 2.15. The third-order valence-electron chi connectivity index (χ3n) is 1.53. The predicted octanol–water partition coefficient (Wildman–Crippen LogP) is 2.10. The van der Waals surface area contributed by atoms with E-state index in [2.05, 4.69) is 20.9 Å². The molecule has 0 atom stereocenters. The molecule has 0 bridgehead atoms. The predicted molar refractivity (Wildman–Crippen MR) is 48.3 cm³/mol. The number of hydrogen-bond acceptors (Lipinski definition) is 2. The van der Waals surface area contributed by atoms with Gasteiger partial charge in [0, 0.05) is 6.20 Å². The van der Waals surface area contributed by atoms with E-state index in [4.69, 9.17) is 5.11 Å². The summed E-state index contributed by atoms with van der Waals surface area (Å²) in [5.74, 6) is -0.954. The Balaban J connectivity index is 3.17. The van der Waals surface area contributed by atoms with Crippen LogP contribution in [0.4, 0.5) is 0 Å². The van der Waals surface area contributed by atoms with E-state index >= 15 is 0 Å². The van der Waals surface area contributed by atoms with E-state index in [1.165, 1.54) is 0 Å². The minimum absolute atomic E-state index is 0.217. The number of pyridine rings is 1. The van der Waals surface area contributed by atoms with Crippen molar-refractivity contribution in [2.24, 2.45) is 0 Å². The van der Waals surface area contributed by atoms with Crippen LogP contribution in [0.2, 0.25) is 0 Å². The molecule has 0 amide bonds. The zero-order valence-electron chi connectivity index (χ0n) is 6.54. The fourth-order valence-corrected chi connectivity index (χ4v) is 1.22. The van der Waals surface area contributed by atoms with Gasteiger partial charge in [-0.05, 0) is 34.0 Å². The number of carboxylic acids is 1. The molecule has 4 heteroatoms. The van der Waals surface area contributed by atoms with Gasteiger partial charge in [-0.2, -0.15) is 0 Å². The molecule has 0 spiro atoms. The summed E-state index contributed by atoms with van der Waals surface area (Å²) >= 11 is 3.07. The van der Waals surface area contributed by atoms with Gasteiger partial charge < -0.3 is 5.11 Å². The lowest BCUT2D eigenvalue weighted by atomic mass is 10.2. The van der Waals surface area contributed by atoms with Gasteiger partial charge >= 0.3 is 5.97 Å². The summed E-state index contributed by atoms with van der Waals surface area (Å²) in [5, 5.41) is 8.72. The van der Waals surface area contributed by atoms with Crippen molar-refractivity contribution in [2.75, 3.05) is 0 Å². The first kappa shape index (κ1) is 9.19. The van der Waals surface area contributed by atoms with Crippen LogP contribution in [0.5, 0.6) is 0 Å². The van der Waals surface area contributed by atoms with Crippen molar-refractivity contribution < 1.29 is 9.90 Å². The van der Waals surface area contributed by atoms with E-state index in [9.17, 15) is 4.79 Å². The zero-order valence-corrected chi connectivity index (χ0v) is 8.13. The maximum Gasteiger partial charge on any atom is 0.338 e. The lowest BCUT2D eigenvalue weighted by molar-refractivity contribution is 0.0695. The summed E-state index contributed by atoms with van der Waals surface area (Å²) in [6, 6.07) is 1.62. The Morgan fingerprint density at radius 3 is 2.92 bits per heavy atom. The van der Waals surface area contributed by atoms with Crippen LogP contribution in [0.1, 0.15) is 22.8 Å². The molecule has 0 radical (unpaired) electrons. The first-order chi connectivity index (χ1) is 5.65. The van der Waals surface area contributed by atoms with E-state index in [0.717, 1.165) is 12.0 Å². The van der Waals surface area contributed by atoms with Gasteiger partial charge in [0.15, 0.2) is 0 Å². The van der Waals surface area contributed by atoms with E-state index in [1.807, 2.05) is 6.92 Å². The molecule has 0 fully saturated rings. The minimum Gasteiger partial charge on any atom is -0.478 e. The van der Waals surface area contributed by atoms with E-state index < -0.39 is 5.97 Å². The molecule has 1 N–H and O–H groups in total. The molecule has 64 valence electrons. The second-order valence-corrected chi connectivity index (χ2v) is 3.09. The minimum atomic E-state index is -0.954. The quantitative estimate of drug-likeness (QED) is 0.791. The van der Waals surface area contributed by atoms with Crippen molar-refractivity contribution in [1.82, 2.24) is 4.98 Å². The fraction of sp³-hybridized carbons (Fsp3) is 0.250. The normalized spacial score (nSPS) is 9.83. The third kappa shape index (κ3) is 1.82. The van der Waals surface area contributed by atoms with Gasteiger partial charge in [0.05, 0.1) is 5.56 Å². The summed E-state index contributed by atoms with van der Waals surface area (Å²) in [4.78, 5) is 14.5. The molecule has 1 heterocycles. The molecule has 0 aromatic carbocycles. The summed E-state index contributed by atoms with van der Waals surface area (Å²) in [6.07, 6.45) is 2.46. The maximum atomic E-state index is 10.6. The van der Waals surface area contributed by atoms with Crippen LogP contribution in [0.15, 0.2) is 16.9 Å². The summed E-state index contributed by atoms with van der Waals surface area (Å²) in [7, 11) is 0. The Labute approximate surface area is 78.6 Å². The summed E-state index contributed by atoms with van der Waals surface area (Å²) < 4.78 is 0.382. The topological polar surface area (TPSA) is 50.2 Å². The number of rotatable bonds is 2. The molecule has 0 aliphatic heterocycles. The molecule has 0 aliphatic carbocycles. The molecular weight excluding hydrogens is 222 g/mol. The van der Waals surface area contributed by atoms with Crippen molar-refractivity contribution in [3.63, 3.8) is 0 Å². The lowest BCUT2D eigenvalue weighted by Gasteiger charge is -2.00. The standard InChI is InChI=1S/C8H8BrNO2/c1-2-5-3-6(8(11)12)7(9)10-4-5/h3-4H,2H2,1H3,(H,11,12). The SMILES string of the molecule is CCc1cnc(Br)c(C(=O)O)c1. The van der Waals surface area contributed by atoms with Gasteiger partial charge in [0.2, 0.25) is 0 Å². The molecule has 1 aromatic heterocycles. The molecular formula is C8H8BrNO2. The molecule has 0 unspecified atom stereocenters. The number of aryl methyl sites for hydroxylation is 1. The van der Waals surface area contributed by atoms with Gasteiger partial charge in [-0.15, -0.1) is 0 Å². The van der Waals surface area contributed by atoms with Crippen LogP contribution in [0, 0.1) is 0 Å². The highest BCUT2D eigenvalue weighted by Gasteiger charge is 2.09. The molecule has 3 nitrogen and oxygen atoms in total. The number of carboxylic acid groups (broad SMARTS) is 1. The van der Waals surface area contributed by atoms with Gasteiger partial charge in [-0.1, -0.05) is 6.92 Å². The largest absolute Gasteiger partial charge is 0.478 e. The van der Waals surface area contributed by atoms with Gasteiger partial charge in [-0.25, -0.2) is 9.78 Å². The van der Waals surface area contributed by atoms with Crippen molar-refractivity contribution in [1.29, 1.82) is 0 Å². The summed E-state index contributed by atoms with van der Waals surface area (Å²) in [5.41, 5.74) is 1.14. The van der Waals surface area contributed by atoms with Crippen molar-refractivity contribution in [2.45, 2.75) is 13.3 Å². The molecule has 0 aliphatic rings. The number of nitrogens with zero attached hydrogens (tertiary/aromatic N) is 1. The Morgan fingerprint density at radius 1 is 1.75 bits per heavy atom.